The topological polar surface area (TPSA) is 64.4 Å². The average Bonchev–Trinajstić information content (AvgIpc) is 2.92. The lowest BCUT2D eigenvalue weighted by Gasteiger charge is -2.32. The van der Waals surface area contributed by atoms with Gasteiger partial charge in [-0.1, -0.05) is 18.2 Å². The van der Waals surface area contributed by atoms with Gasteiger partial charge in [0, 0.05) is 22.8 Å². The van der Waals surface area contributed by atoms with Gasteiger partial charge in [0.15, 0.2) is 0 Å². The summed E-state index contributed by atoms with van der Waals surface area (Å²) in [5, 5.41) is 4.27. The maximum Gasteiger partial charge on any atom is 0.240 e. The summed E-state index contributed by atoms with van der Waals surface area (Å²) in [5.74, 6) is -0.0734. The molecule has 1 atom stereocenters. The molecule has 4 nitrogen and oxygen atoms in total. The maximum absolute atomic E-state index is 12.4. The van der Waals surface area contributed by atoms with Crippen molar-refractivity contribution in [3.05, 3.63) is 35.2 Å². The summed E-state index contributed by atoms with van der Waals surface area (Å²) >= 11 is 1.71. The van der Waals surface area contributed by atoms with Crippen molar-refractivity contribution in [1.82, 2.24) is 5.32 Å². The number of fused-ring (bicyclic) bond motifs is 1. The van der Waals surface area contributed by atoms with Crippen molar-refractivity contribution >= 4 is 27.3 Å². The first kappa shape index (κ1) is 14.5. The standard InChI is InChI=1S/C16H20N2O2S/c1-11(14-10-12-4-2-3-5-13(12)21-14)18-15(19)16(17)6-8-20-9-7-16/h2-5,10-11H,6-9,17H2,1H3,(H,18,19). The zero-order valence-corrected chi connectivity index (χ0v) is 12.9. The van der Waals surface area contributed by atoms with Crippen molar-refractivity contribution in [1.29, 1.82) is 0 Å². The minimum absolute atomic E-state index is 0.0295. The number of thiophene rings is 1. The van der Waals surface area contributed by atoms with Crippen LogP contribution in [0.4, 0.5) is 0 Å². The smallest absolute Gasteiger partial charge is 0.240 e. The van der Waals surface area contributed by atoms with Gasteiger partial charge in [-0.15, -0.1) is 11.3 Å². The second-order valence-electron chi connectivity index (χ2n) is 5.65. The third-order valence-electron chi connectivity index (χ3n) is 4.06. The number of amides is 1. The zero-order valence-electron chi connectivity index (χ0n) is 12.1. The summed E-state index contributed by atoms with van der Waals surface area (Å²) in [5.41, 5.74) is 5.43. The molecule has 3 N–H and O–H groups in total. The molecule has 21 heavy (non-hydrogen) atoms. The van der Waals surface area contributed by atoms with Gasteiger partial charge in [-0.3, -0.25) is 4.79 Å². The van der Waals surface area contributed by atoms with Crippen molar-refractivity contribution in [3.63, 3.8) is 0 Å². The molecular weight excluding hydrogens is 284 g/mol. The Morgan fingerprint density at radius 2 is 2.10 bits per heavy atom. The predicted octanol–water partition coefficient (Wildman–Crippen LogP) is 2.59. The Hall–Kier alpha value is -1.43. The minimum atomic E-state index is -0.788. The number of ether oxygens (including phenoxy) is 1. The van der Waals surface area contributed by atoms with E-state index in [1.807, 2.05) is 19.1 Å². The van der Waals surface area contributed by atoms with E-state index >= 15 is 0 Å². The molecule has 3 rings (SSSR count). The molecule has 1 fully saturated rings. The zero-order chi connectivity index (χ0) is 14.9. The lowest BCUT2D eigenvalue weighted by Crippen LogP contribution is -2.57. The molecule has 0 saturated carbocycles. The van der Waals surface area contributed by atoms with E-state index < -0.39 is 5.54 Å². The highest BCUT2D eigenvalue weighted by atomic mass is 32.1. The van der Waals surface area contributed by atoms with Gasteiger partial charge >= 0.3 is 0 Å². The highest BCUT2D eigenvalue weighted by molar-refractivity contribution is 7.19. The molecule has 1 aliphatic rings. The Bertz CT molecular complexity index is 614. The SMILES string of the molecule is CC(NC(=O)C1(N)CCOCC1)c1cc2ccccc2s1. The van der Waals surface area contributed by atoms with Gasteiger partial charge in [0.1, 0.15) is 0 Å². The average molecular weight is 304 g/mol. The molecular formula is C16H20N2O2S. The van der Waals surface area contributed by atoms with Gasteiger partial charge in [-0.25, -0.2) is 0 Å². The Labute approximate surface area is 128 Å². The first-order chi connectivity index (χ1) is 10.1. The number of carbonyl (C=O) groups is 1. The monoisotopic (exact) mass is 304 g/mol. The van der Waals surface area contributed by atoms with Crippen LogP contribution in [0.5, 0.6) is 0 Å². The fraction of sp³-hybridized carbons (Fsp3) is 0.438. The molecule has 0 aliphatic carbocycles. The molecule has 0 bridgehead atoms. The van der Waals surface area contributed by atoms with Gasteiger partial charge in [-0.05, 0) is 37.3 Å². The number of nitrogens with one attached hydrogen (secondary N) is 1. The molecule has 1 unspecified atom stereocenters. The number of nitrogens with two attached hydrogens (primary N) is 1. The molecule has 1 aromatic carbocycles. The van der Waals surface area contributed by atoms with E-state index in [4.69, 9.17) is 10.5 Å². The fourth-order valence-corrected chi connectivity index (χ4v) is 3.66. The van der Waals surface area contributed by atoms with Crippen molar-refractivity contribution < 1.29 is 9.53 Å². The first-order valence-electron chi connectivity index (χ1n) is 7.24. The second kappa shape index (κ2) is 5.75. The quantitative estimate of drug-likeness (QED) is 0.916. The summed E-state index contributed by atoms with van der Waals surface area (Å²) < 4.78 is 6.52. The molecule has 2 aromatic rings. The van der Waals surface area contributed by atoms with Crippen LogP contribution in [0.1, 0.15) is 30.7 Å². The number of benzene rings is 1. The van der Waals surface area contributed by atoms with Gasteiger partial charge in [0.25, 0.3) is 0 Å². The Morgan fingerprint density at radius 1 is 1.38 bits per heavy atom. The van der Waals surface area contributed by atoms with Crippen molar-refractivity contribution in [2.45, 2.75) is 31.3 Å². The normalized spacial score (nSPS) is 19.3. The Morgan fingerprint density at radius 3 is 2.81 bits per heavy atom. The third kappa shape index (κ3) is 2.95. The highest BCUT2D eigenvalue weighted by Crippen LogP contribution is 2.30. The van der Waals surface area contributed by atoms with E-state index in [-0.39, 0.29) is 11.9 Å². The molecule has 2 heterocycles. The molecule has 1 saturated heterocycles. The second-order valence-corrected chi connectivity index (χ2v) is 6.77. The van der Waals surface area contributed by atoms with E-state index in [1.54, 1.807) is 11.3 Å². The van der Waals surface area contributed by atoms with E-state index in [1.165, 1.54) is 10.1 Å². The lowest BCUT2D eigenvalue weighted by atomic mass is 9.90. The van der Waals surface area contributed by atoms with Crippen LogP contribution >= 0.6 is 11.3 Å². The van der Waals surface area contributed by atoms with Gasteiger partial charge in [0.2, 0.25) is 5.91 Å². The van der Waals surface area contributed by atoms with Crippen LogP contribution in [0.3, 0.4) is 0 Å². The van der Waals surface area contributed by atoms with Crippen LogP contribution < -0.4 is 11.1 Å². The molecule has 5 heteroatoms. The minimum Gasteiger partial charge on any atom is -0.381 e. The van der Waals surface area contributed by atoms with Gasteiger partial charge in [0.05, 0.1) is 11.6 Å². The van der Waals surface area contributed by atoms with Crippen LogP contribution in [-0.4, -0.2) is 24.7 Å². The largest absolute Gasteiger partial charge is 0.381 e. The first-order valence-corrected chi connectivity index (χ1v) is 8.06. The number of hydrogen-bond acceptors (Lipinski definition) is 4. The van der Waals surface area contributed by atoms with Crippen molar-refractivity contribution in [3.8, 4) is 0 Å². The van der Waals surface area contributed by atoms with Crippen LogP contribution in [0.25, 0.3) is 10.1 Å². The molecule has 1 amide bonds. The van der Waals surface area contributed by atoms with Crippen LogP contribution in [0.2, 0.25) is 0 Å². The van der Waals surface area contributed by atoms with Crippen LogP contribution in [-0.2, 0) is 9.53 Å². The van der Waals surface area contributed by atoms with Crippen molar-refractivity contribution in [2.24, 2.45) is 5.73 Å². The molecule has 1 aliphatic heterocycles. The van der Waals surface area contributed by atoms with E-state index in [0.717, 1.165) is 4.88 Å². The lowest BCUT2D eigenvalue weighted by molar-refractivity contribution is -0.130. The van der Waals surface area contributed by atoms with Gasteiger partial charge < -0.3 is 15.8 Å². The number of rotatable bonds is 3. The molecule has 112 valence electrons. The fourth-order valence-electron chi connectivity index (χ4n) is 2.59. The molecule has 0 spiro atoms. The summed E-state index contributed by atoms with van der Waals surface area (Å²) in [4.78, 5) is 13.6. The maximum atomic E-state index is 12.4. The highest BCUT2D eigenvalue weighted by Gasteiger charge is 2.36. The molecule has 1 aromatic heterocycles. The number of hydrogen-bond donors (Lipinski definition) is 2. The predicted molar refractivity (Wildman–Crippen MR) is 85.4 cm³/mol. The third-order valence-corrected chi connectivity index (χ3v) is 5.35. The molecule has 0 radical (unpaired) electrons. The van der Waals surface area contributed by atoms with Crippen LogP contribution in [0, 0.1) is 0 Å². The Balaban J connectivity index is 1.73. The summed E-state index contributed by atoms with van der Waals surface area (Å²) in [6, 6.07) is 10.4. The van der Waals surface area contributed by atoms with E-state index in [9.17, 15) is 4.79 Å². The summed E-state index contributed by atoms with van der Waals surface area (Å²) in [7, 11) is 0. The Kier molecular flexibility index (Phi) is 3.97. The van der Waals surface area contributed by atoms with Gasteiger partial charge in [-0.2, -0.15) is 0 Å². The van der Waals surface area contributed by atoms with Crippen molar-refractivity contribution in [2.75, 3.05) is 13.2 Å². The van der Waals surface area contributed by atoms with E-state index in [2.05, 4.69) is 23.5 Å². The summed E-state index contributed by atoms with van der Waals surface area (Å²) in [6.45, 7) is 3.12. The number of carbonyl (C=O) groups excluding carboxylic acids is 1. The van der Waals surface area contributed by atoms with E-state index in [0.29, 0.717) is 26.1 Å². The van der Waals surface area contributed by atoms with Crippen LogP contribution in [0.15, 0.2) is 30.3 Å². The summed E-state index contributed by atoms with van der Waals surface area (Å²) in [6.07, 6.45) is 1.16.